The van der Waals surface area contributed by atoms with Gasteiger partial charge in [0, 0.05) is 30.5 Å². The van der Waals surface area contributed by atoms with Gasteiger partial charge in [-0.15, -0.1) is 0 Å². The Morgan fingerprint density at radius 3 is 2.72 bits per heavy atom. The highest BCUT2D eigenvalue weighted by Gasteiger charge is 2.30. The van der Waals surface area contributed by atoms with Crippen LogP contribution in [-0.4, -0.2) is 26.4 Å². The molecule has 0 spiro atoms. The zero-order chi connectivity index (χ0) is 17.2. The molecule has 1 aliphatic heterocycles. The minimum absolute atomic E-state index is 0.418. The van der Waals surface area contributed by atoms with Gasteiger partial charge >= 0.3 is 0 Å². The highest BCUT2D eigenvalue weighted by molar-refractivity contribution is 5.28. The predicted octanol–water partition coefficient (Wildman–Crippen LogP) is 3.87. The summed E-state index contributed by atoms with van der Waals surface area (Å²) in [7, 11) is 0. The largest absolute Gasteiger partial charge is 0.361 e. The average Bonchev–Trinajstić information content (AvgIpc) is 3.32. The van der Waals surface area contributed by atoms with Gasteiger partial charge < -0.3 is 4.52 Å². The first-order valence-electron chi connectivity index (χ1n) is 8.93. The molecule has 2 aromatic heterocycles. The SMILES string of the molecule is Cc1noc(C)c1C1CCCN1Cc1cccc(Cn2cccn2)c1. The second-order valence-corrected chi connectivity index (χ2v) is 6.89. The molecule has 0 bridgehead atoms. The second kappa shape index (κ2) is 6.84. The zero-order valence-corrected chi connectivity index (χ0v) is 14.9. The van der Waals surface area contributed by atoms with Gasteiger partial charge in [-0.2, -0.15) is 5.10 Å². The summed E-state index contributed by atoms with van der Waals surface area (Å²) in [6.07, 6.45) is 6.22. The molecule has 3 aromatic rings. The van der Waals surface area contributed by atoms with Crippen molar-refractivity contribution in [3.05, 3.63) is 70.9 Å². The van der Waals surface area contributed by atoms with Gasteiger partial charge in [-0.3, -0.25) is 9.58 Å². The summed E-state index contributed by atoms with van der Waals surface area (Å²) in [4.78, 5) is 2.56. The Hall–Kier alpha value is -2.40. The van der Waals surface area contributed by atoms with Crippen LogP contribution in [0.3, 0.4) is 0 Å². The quantitative estimate of drug-likeness (QED) is 0.709. The van der Waals surface area contributed by atoms with Gasteiger partial charge in [0.2, 0.25) is 0 Å². The summed E-state index contributed by atoms with van der Waals surface area (Å²) in [6, 6.07) is 11.2. The van der Waals surface area contributed by atoms with Crippen LogP contribution < -0.4 is 0 Å². The first-order chi connectivity index (χ1) is 12.2. The van der Waals surface area contributed by atoms with E-state index in [9.17, 15) is 0 Å². The van der Waals surface area contributed by atoms with E-state index in [1.165, 1.54) is 29.5 Å². The molecule has 4 rings (SSSR count). The third-order valence-electron chi connectivity index (χ3n) is 5.07. The van der Waals surface area contributed by atoms with E-state index >= 15 is 0 Å². The lowest BCUT2D eigenvalue weighted by Crippen LogP contribution is -2.23. The molecule has 0 radical (unpaired) electrons. The molecule has 1 aliphatic rings. The van der Waals surface area contributed by atoms with Crippen molar-refractivity contribution in [2.24, 2.45) is 0 Å². The Morgan fingerprint density at radius 1 is 1.16 bits per heavy atom. The number of likely N-dealkylation sites (tertiary alicyclic amines) is 1. The van der Waals surface area contributed by atoms with Crippen molar-refractivity contribution in [3.63, 3.8) is 0 Å². The van der Waals surface area contributed by atoms with Crippen LogP contribution in [0.1, 0.15) is 47.0 Å². The summed E-state index contributed by atoms with van der Waals surface area (Å²) in [5.74, 6) is 0.960. The first-order valence-corrected chi connectivity index (χ1v) is 8.93. The summed E-state index contributed by atoms with van der Waals surface area (Å²) < 4.78 is 7.36. The average molecular weight is 336 g/mol. The van der Waals surface area contributed by atoms with E-state index in [2.05, 4.69) is 39.4 Å². The second-order valence-electron chi connectivity index (χ2n) is 6.89. The van der Waals surface area contributed by atoms with E-state index in [-0.39, 0.29) is 0 Å². The van der Waals surface area contributed by atoms with Crippen LogP contribution in [0, 0.1) is 13.8 Å². The van der Waals surface area contributed by atoms with Gasteiger partial charge in [0.05, 0.1) is 12.2 Å². The maximum atomic E-state index is 5.40. The monoisotopic (exact) mass is 336 g/mol. The molecule has 25 heavy (non-hydrogen) atoms. The van der Waals surface area contributed by atoms with E-state index in [1.54, 1.807) is 0 Å². The molecule has 130 valence electrons. The molecule has 3 heterocycles. The minimum Gasteiger partial charge on any atom is -0.361 e. The molecule has 0 saturated carbocycles. The van der Waals surface area contributed by atoms with Gasteiger partial charge in [-0.25, -0.2) is 0 Å². The molecule has 1 unspecified atom stereocenters. The molecule has 1 atom stereocenters. The molecule has 1 saturated heterocycles. The third-order valence-corrected chi connectivity index (χ3v) is 5.07. The van der Waals surface area contributed by atoms with Gasteiger partial charge in [0.15, 0.2) is 0 Å². The van der Waals surface area contributed by atoms with E-state index in [0.29, 0.717) is 6.04 Å². The molecule has 5 heteroatoms. The first kappa shape index (κ1) is 16.1. The van der Waals surface area contributed by atoms with Crippen molar-refractivity contribution < 1.29 is 4.52 Å². The molecule has 0 amide bonds. The number of rotatable bonds is 5. The Labute approximate surface area is 148 Å². The minimum atomic E-state index is 0.418. The lowest BCUT2D eigenvalue weighted by molar-refractivity contribution is 0.245. The topological polar surface area (TPSA) is 47.1 Å². The van der Waals surface area contributed by atoms with Gasteiger partial charge in [0.1, 0.15) is 5.76 Å². The summed E-state index contributed by atoms with van der Waals surface area (Å²) in [6.45, 7) is 6.97. The number of hydrogen-bond donors (Lipinski definition) is 0. The number of aryl methyl sites for hydroxylation is 2. The van der Waals surface area contributed by atoms with Crippen LogP contribution in [0.4, 0.5) is 0 Å². The predicted molar refractivity (Wildman–Crippen MR) is 96.1 cm³/mol. The summed E-state index contributed by atoms with van der Waals surface area (Å²) in [5.41, 5.74) is 4.95. The van der Waals surface area contributed by atoms with Crippen LogP contribution in [0.15, 0.2) is 47.2 Å². The maximum absolute atomic E-state index is 5.40. The van der Waals surface area contributed by atoms with Gasteiger partial charge in [-0.1, -0.05) is 29.4 Å². The normalized spacial score (nSPS) is 18.1. The van der Waals surface area contributed by atoms with E-state index in [4.69, 9.17) is 4.52 Å². The van der Waals surface area contributed by atoms with E-state index < -0.39 is 0 Å². The van der Waals surface area contributed by atoms with Crippen LogP contribution in [0.25, 0.3) is 0 Å². The number of aromatic nitrogens is 3. The van der Waals surface area contributed by atoms with Crippen molar-refractivity contribution in [2.45, 2.75) is 45.8 Å². The van der Waals surface area contributed by atoms with Crippen molar-refractivity contribution in [1.82, 2.24) is 19.8 Å². The highest BCUT2D eigenvalue weighted by atomic mass is 16.5. The molecule has 0 N–H and O–H groups in total. The zero-order valence-electron chi connectivity index (χ0n) is 14.9. The lowest BCUT2D eigenvalue weighted by Gasteiger charge is -2.24. The Kier molecular flexibility index (Phi) is 4.40. The third kappa shape index (κ3) is 3.37. The molecule has 0 aliphatic carbocycles. The Bertz CT molecular complexity index is 818. The maximum Gasteiger partial charge on any atom is 0.138 e. The molecule has 1 aromatic carbocycles. The number of nitrogens with zero attached hydrogens (tertiary/aromatic N) is 4. The van der Waals surface area contributed by atoms with Gasteiger partial charge in [0.25, 0.3) is 0 Å². The Balaban J connectivity index is 1.51. The molecule has 1 fully saturated rings. The highest BCUT2D eigenvalue weighted by Crippen LogP contribution is 2.36. The molecular weight excluding hydrogens is 312 g/mol. The van der Waals surface area contributed by atoms with Crippen LogP contribution in [0.5, 0.6) is 0 Å². The van der Waals surface area contributed by atoms with Crippen molar-refractivity contribution in [2.75, 3.05) is 6.54 Å². The molecular formula is C20H24N4O. The number of hydrogen-bond acceptors (Lipinski definition) is 4. The van der Waals surface area contributed by atoms with Crippen LogP contribution in [-0.2, 0) is 13.1 Å². The van der Waals surface area contributed by atoms with Crippen molar-refractivity contribution >= 4 is 0 Å². The number of benzene rings is 1. The van der Waals surface area contributed by atoms with E-state index in [0.717, 1.165) is 31.1 Å². The smallest absolute Gasteiger partial charge is 0.138 e. The van der Waals surface area contributed by atoms with Gasteiger partial charge in [-0.05, 0) is 50.4 Å². The van der Waals surface area contributed by atoms with Crippen molar-refractivity contribution in [1.29, 1.82) is 0 Å². The van der Waals surface area contributed by atoms with Crippen molar-refractivity contribution in [3.8, 4) is 0 Å². The summed E-state index contributed by atoms with van der Waals surface area (Å²) in [5, 5.41) is 8.45. The van der Waals surface area contributed by atoms with Crippen LogP contribution in [0.2, 0.25) is 0 Å². The van der Waals surface area contributed by atoms with E-state index in [1.807, 2.05) is 37.0 Å². The van der Waals surface area contributed by atoms with Crippen LogP contribution >= 0.6 is 0 Å². The lowest BCUT2D eigenvalue weighted by atomic mass is 10.0. The standard InChI is InChI=1S/C20H24N4O/c1-15-20(16(2)25-22-15)19-8-4-10-23(19)13-17-6-3-7-18(12-17)14-24-11-5-9-21-24/h3,5-7,9,11-12,19H,4,8,10,13-14H2,1-2H3. The fourth-order valence-electron chi connectivity index (χ4n) is 3.95. The summed E-state index contributed by atoms with van der Waals surface area (Å²) >= 11 is 0. The fraction of sp³-hybridized carbons (Fsp3) is 0.400. The fourth-order valence-corrected chi connectivity index (χ4v) is 3.95. The Morgan fingerprint density at radius 2 is 2.00 bits per heavy atom. The molecule has 5 nitrogen and oxygen atoms in total.